The molecule has 0 aromatic carbocycles. The maximum atomic E-state index is 12.1. The molecule has 1 atom stereocenters. The number of rotatable bonds is 8. The molecule has 18 heavy (non-hydrogen) atoms. The fourth-order valence-corrected chi connectivity index (χ4v) is 2.14. The summed E-state index contributed by atoms with van der Waals surface area (Å²) in [5.74, 6) is -0.436. The van der Waals surface area contributed by atoms with Gasteiger partial charge in [-0.2, -0.15) is 0 Å². The Balaban J connectivity index is 4.40. The molecule has 2 N–H and O–H groups in total. The normalized spacial score (nSPS) is 13.4. The number of hydrogen-bond donors (Lipinski definition) is 2. The van der Waals surface area contributed by atoms with Crippen molar-refractivity contribution in [1.82, 2.24) is 5.32 Å². The van der Waals surface area contributed by atoms with Crippen molar-refractivity contribution in [2.45, 2.75) is 65.8 Å². The molecule has 0 bridgehead atoms. The summed E-state index contributed by atoms with van der Waals surface area (Å²) < 4.78 is 0. The first-order chi connectivity index (χ1) is 8.23. The molecule has 0 aromatic rings. The number of amides is 1. The van der Waals surface area contributed by atoms with Crippen molar-refractivity contribution in [2.75, 3.05) is 0 Å². The van der Waals surface area contributed by atoms with Crippen LogP contribution in [0.5, 0.6) is 0 Å². The lowest BCUT2D eigenvalue weighted by molar-refractivity contribution is -0.138. The van der Waals surface area contributed by atoms with Crippen molar-refractivity contribution < 1.29 is 14.7 Å². The molecule has 1 unspecified atom stereocenters. The standard InChI is InChI=1S/C14H27NO3/c1-6-11(7-2)10(3)13(18)15-14(4,5)9-8-12(16)17/h10-11H,6-9H2,1-5H3,(H,15,18)(H,16,17). The van der Waals surface area contributed by atoms with E-state index in [0.29, 0.717) is 12.3 Å². The Hall–Kier alpha value is -1.06. The van der Waals surface area contributed by atoms with Crippen molar-refractivity contribution in [3.05, 3.63) is 0 Å². The maximum absolute atomic E-state index is 12.1. The number of hydrogen-bond acceptors (Lipinski definition) is 2. The van der Waals surface area contributed by atoms with E-state index < -0.39 is 11.5 Å². The van der Waals surface area contributed by atoms with Gasteiger partial charge in [0.05, 0.1) is 0 Å². The van der Waals surface area contributed by atoms with Gasteiger partial charge in [0.15, 0.2) is 0 Å². The second kappa shape index (κ2) is 7.39. The van der Waals surface area contributed by atoms with Gasteiger partial charge in [0, 0.05) is 17.9 Å². The summed E-state index contributed by atoms with van der Waals surface area (Å²) in [5, 5.41) is 11.6. The summed E-state index contributed by atoms with van der Waals surface area (Å²) in [6.07, 6.45) is 2.50. The lowest BCUT2D eigenvalue weighted by Gasteiger charge is -2.29. The van der Waals surface area contributed by atoms with E-state index in [1.54, 1.807) is 0 Å². The van der Waals surface area contributed by atoms with E-state index in [2.05, 4.69) is 19.2 Å². The lowest BCUT2D eigenvalue weighted by atomic mass is 9.87. The van der Waals surface area contributed by atoms with Crippen LogP contribution in [0.25, 0.3) is 0 Å². The van der Waals surface area contributed by atoms with E-state index in [1.807, 2.05) is 20.8 Å². The lowest BCUT2D eigenvalue weighted by Crippen LogP contribution is -2.47. The molecule has 4 nitrogen and oxygen atoms in total. The van der Waals surface area contributed by atoms with Gasteiger partial charge >= 0.3 is 5.97 Å². The average molecular weight is 257 g/mol. The van der Waals surface area contributed by atoms with Gasteiger partial charge in [0.1, 0.15) is 0 Å². The van der Waals surface area contributed by atoms with Crippen LogP contribution in [0.2, 0.25) is 0 Å². The zero-order chi connectivity index (χ0) is 14.3. The minimum Gasteiger partial charge on any atom is -0.481 e. The molecule has 0 aliphatic carbocycles. The molecule has 0 aliphatic heterocycles. The smallest absolute Gasteiger partial charge is 0.303 e. The van der Waals surface area contributed by atoms with Crippen molar-refractivity contribution in [2.24, 2.45) is 11.8 Å². The zero-order valence-electron chi connectivity index (χ0n) is 12.2. The van der Waals surface area contributed by atoms with Crippen molar-refractivity contribution in [1.29, 1.82) is 0 Å². The van der Waals surface area contributed by atoms with Crippen molar-refractivity contribution in [3.8, 4) is 0 Å². The van der Waals surface area contributed by atoms with E-state index in [4.69, 9.17) is 5.11 Å². The molecule has 106 valence electrons. The van der Waals surface area contributed by atoms with Crippen LogP contribution in [0.1, 0.15) is 60.3 Å². The zero-order valence-corrected chi connectivity index (χ0v) is 12.2. The third-order valence-corrected chi connectivity index (χ3v) is 3.59. The number of carboxylic acid groups (broad SMARTS) is 1. The van der Waals surface area contributed by atoms with E-state index in [9.17, 15) is 9.59 Å². The van der Waals surface area contributed by atoms with E-state index >= 15 is 0 Å². The highest BCUT2D eigenvalue weighted by Gasteiger charge is 2.27. The Bertz CT molecular complexity index is 283. The van der Waals surface area contributed by atoms with Gasteiger partial charge in [-0.1, -0.05) is 33.6 Å². The van der Waals surface area contributed by atoms with Crippen molar-refractivity contribution >= 4 is 11.9 Å². The highest BCUT2D eigenvalue weighted by Crippen LogP contribution is 2.21. The van der Waals surface area contributed by atoms with Crippen LogP contribution >= 0.6 is 0 Å². The first-order valence-electron chi connectivity index (χ1n) is 6.77. The van der Waals surface area contributed by atoms with Gasteiger partial charge in [-0.05, 0) is 26.2 Å². The fraction of sp³-hybridized carbons (Fsp3) is 0.857. The molecule has 0 spiro atoms. The van der Waals surface area contributed by atoms with Crippen molar-refractivity contribution in [3.63, 3.8) is 0 Å². The van der Waals surface area contributed by atoms with Gasteiger partial charge in [0.2, 0.25) is 5.91 Å². The molecule has 0 fully saturated rings. The Kier molecular flexibility index (Phi) is 6.96. The van der Waals surface area contributed by atoms with Crippen LogP contribution in [0.3, 0.4) is 0 Å². The summed E-state index contributed by atoms with van der Waals surface area (Å²) in [5.41, 5.74) is -0.463. The first kappa shape index (κ1) is 16.9. The molecule has 0 rings (SSSR count). The first-order valence-corrected chi connectivity index (χ1v) is 6.77. The second-order valence-corrected chi connectivity index (χ2v) is 5.63. The quantitative estimate of drug-likeness (QED) is 0.702. The van der Waals surface area contributed by atoms with Crippen LogP contribution in [-0.4, -0.2) is 22.5 Å². The Morgan fingerprint density at radius 2 is 1.72 bits per heavy atom. The monoisotopic (exact) mass is 257 g/mol. The van der Waals surface area contributed by atoms with E-state index in [1.165, 1.54) is 0 Å². The predicted octanol–water partition coefficient (Wildman–Crippen LogP) is 2.82. The summed E-state index contributed by atoms with van der Waals surface area (Å²) in [4.78, 5) is 22.7. The van der Waals surface area contributed by atoms with Crippen LogP contribution in [0, 0.1) is 11.8 Å². The Morgan fingerprint density at radius 3 is 2.11 bits per heavy atom. The van der Waals surface area contributed by atoms with Gasteiger partial charge in [-0.25, -0.2) is 0 Å². The topological polar surface area (TPSA) is 66.4 Å². The minimum atomic E-state index is -0.828. The van der Waals surface area contributed by atoms with Gasteiger partial charge in [-0.15, -0.1) is 0 Å². The third-order valence-electron chi connectivity index (χ3n) is 3.59. The van der Waals surface area contributed by atoms with Crippen LogP contribution < -0.4 is 5.32 Å². The summed E-state index contributed by atoms with van der Waals surface area (Å²) in [6, 6.07) is 0. The number of carboxylic acids is 1. The summed E-state index contributed by atoms with van der Waals surface area (Å²) >= 11 is 0. The molecule has 0 radical (unpaired) electrons. The molecular formula is C14H27NO3. The highest BCUT2D eigenvalue weighted by atomic mass is 16.4. The molecule has 0 saturated carbocycles. The van der Waals surface area contributed by atoms with Gasteiger partial charge in [0.25, 0.3) is 0 Å². The number of carbonyl (C=O) groups is 2. The SMILES string of the molecule is CCC(CC)C(C)C(=O)NC(C)(C)CCC(=O)O. The predicted molar refractivity (Wildman–Crippen MR) is 72.3 cm³/mol. The van der Waals surface area contributed by atoms with E-state index in [-0.39, 0.29) is 18.2 Å². The highest BCUT2D eigenvalue weighted by molar-refractivity contribution is 5.79. The van der Waals surface area contributed by atoms with Crippen LogP contribution in [0.4, 0.5) is 0 Å². The number of aliphatic carboxylic acids is 1. The molecule has 0 saturated heterocycles. The molecule has 0 aromatic heterocycles. The Labute approximate surface area is 110 Å². The Morgan fingerprint density at radius 1 is 1.22 bits per heavy atom. The molecule has 0 heterocycles. The summed E-state index contributed by atoms with van der Waals surface area (Å²) in [7, 11) is 0. The van der Waals surface area contributed by atoms with Gasteiger partial charge in [-0.3, -0.25) is 9.59 Å². The van der Waals surface area contributed by atoms with E-state index in [0.717, 1.165) is 12.8 Å². The van der Waals surface area contributed by atoms with Crippen LogP contribution in [-0.2, 0) is 9.59 Å². The van der Waals surface area contributed by atoms with Gasteiger partial charge < -0.3 is 10.4 Å². The molecule has 0 aliphatic rings. The molecule has 1 amide bonds. The number of nitrogens with one attached hydrogen (secondary N) is 1. The molecular weight excluding hydrogens is 230 g/mol. The third kappa shape index (κ3) is 6.03. The number of carbonyl (C=O) groups excluding carboxylic acids is 1. The summed E-state index contributed by atoms with van der Waals surface area (Å²) in [6.45, 7) is 9.86. The minimum absolute atomic E-state index is 0.0240. The second-order valence-electron chi connectivity index (χ2n) is 5.63. The van der Waals surface area contributed by atoms with Crippen LogP contribution in [0.15, 0.2) is 0 Å². The molecule has 4 heteroatoms. The average Bonchev–Trinajstić information content (AvgIpc) is 2.27. The largest absolute Gasteiger partial charge is 0.481 e. The fourth-order valence-electron chi connectivity index (χ4n) is 2.14. The maximum Gasteiger partial charge on any atom is 0.303 e.